The Labute approximate surface area is 180 Å². The number of pyridine rings is 1. The molecule has 2 aromatic carbocycles. The van der Waals surface area contributed by atoms with Crippen LogP contribution in [-0.4, -0.2) is 58.6 Å². The Morgan fingerprint density at radius 3 is 2.16 bits per heavy atom. The highest BCUT2D eigenvalue weighted by Crippen LogP contribution is 2.14. The second kappa shape index (κ2) is 8.92. The van der Waals surface area contributed by atoms with Gasteiger partial charge in [-0.2, -0.15) is 0 Å². The average molecular weight is 413 g/mol. The number of fused-ring (bicyclic) bond motifs is 1. The molecule has 0 bridgehead atoms. The van der Waals surface area contributed by atoms with Crippen LogP contribution in [0, 0.1) is 0 Å². The van der Waals surface area contributed by atoms with Crippen LogP contribution in [0.3, 0.4) is 0 Å². The summed E-state index contributed by atoms with van der Waals surface area (Å²) in [6.45, 7) is 3.66. The molecule has 1 aliphatic rings. The quantitative estimate of drug-likeness (QED) is 0.485. The monoisotopic (exact) mass is 413 g/mol. The number of ketones is 1. The first kappa shape index (κ1) is 20.5. The van der Waals surface area contributed by atoms with E-state index in [1.165, 1.54) is 13.0 Å². The summed E-state index contributed by atoms with van der Waals surface area (Å²) in [5, 5.41) is 1.05. The van der Waals surface area contributed by atoms with E-state index < -0.39 is 0 Å². The van der Waals surface area contributed by atoms with Crippen molar-refractivity contribution in [3.63, 3.8) is 0 Å². The minimum Gasteiger partial charge on any atom is -0.339 e. The second-order valence-electron chi connectivity index (χ2n) is 7.50. The molecule has 3 aromatic rings. The molecule has 2 amide bonds. The zero-order valence-electron chi connectivity index (χ0n) is 17.3. The van der Waals surface area contributed by atoms with Crippen molar-refractivity contribution in [2.24, 2.45) is 0 Å². The van der Waals surface area contributed by atoms with E-state index in [9.17, 15) is 14.4 Å². The Morgan fingerprint density at radius 1 is 0.806 bits per heavy atom. The van der Waals surface area contributed by atoms with E-state index in [0.717, 1.165) is 10.9 Å². The lowest BCUT2D eigenvalue weighted by Gasteiger charge is -2.34. The van der Waals surface area contributed by atoms with Gasteiger partial charge in [-0.3, -0.25) is 14.4 Å². The third kappa shape index (κ3) is 4.69. The lowest BCUT2D eigenvalue weighted by atomic mass is 10.1. The van der Waals surface area contributed by atoms with Gasteiger partial charge in [0.15, 0.2) is 5.78 Å². The van der Waals surface area contributed by atoms with Crippen molar-refractivity contribution in [3.8, 4) is 0 Å². The van der Waals surface area contributed by atoms with E-state index in [4.69, 9.17) is 0 Å². The summed E-state index contributed by atoms with van der Waals surface area (Å²) in [6.07, 6.45) is 3.19. The Hall–Kier alpha value is -3.80. The maximum atomic E-state index is 12.7. The third-order valence-electron chi connectivity index (χ3n) is 5.45. The highest BCUT2D eigenvalue weighted by molar-refractivity contribution is 6.07. The zero-order valence-corrected chi connectivity index (χ0v) is 17.3. The van der Waals surface area contributed by atoms with Gasteiger partial charge in [-0.05, 0) is 36.4 Å². The second-order valence-corrected chi connectivity index (χ2v) is 7.50. The third-order valence-corrected chi connectivity index (χ3v) is 5.45. The number of hydrogen-bond donors (Lipinski definition) is 0. The topological polar surface area (TPSA) is 70.6 Å². The summed E-state index contributed by atoms with van der Waals surface area (Å²) >= 11 is 0. The Kier molecular flexibility index (Phi) is 5.89. The molecule has 6 nitrogen and oxygen atoms in total. The Morgan fingerprint density at radius 2 is 1.45 bits per heavy atom. The molecule has 156 valence electrons. The standard InChI is InChI=1S/C25H23N3O3/c1-18(29)27-14-16-28(17-15-27)25(31)21-8-6-20(7-9-21)24(30)13-12-22-11-10-19-4-2-3-5-23(19)26-22/h2-13H,14-17H2,1H3. The van der Waals surface area contributed by atoms with E-state index in [-0.39, 0.29) is 17.6 Å². The molecule has 1 fully saturated rings. The first-order valence-corrected chi connectivity index (χ1v) is 10.2. The number of rotatable bonds is 4. The highest BCUT2D eigenvalue weighted by atomic mass is 16.2. The fourth-order valence-electron chi connectivity index (χ4n) is 3.62. The minimum atomic E-state index is -0.149. The predicted molar refractivity (Wildman–Crippen MR) is 120 cm³/mol. The largest absolute Gasteiger partial charge is 0.339 e. The lowest BCUT2D eigenvalue weighted by molar-refractivity contribution is -0.130. The number of amides is 2. The molecule has 0 N–H and O–H groups in total. The fraction of sp³-hybridized carbons (Fsp3) is 0.200. The number of aromatic nitrogens is 1. The molecule has 0 saturated carbocycles. The summed E-state index contributed by atoms with van der Waals surface area (Å²) < 4.78 is 0. The van der Waals surface area contributed by atoms with Gasteiger partial charge in [-0.15, -0.1) is 0 Å². The number of hydrogen-bond acceptors (Lipinski definition) is 4. The van der Waals surface area contributed by atoms with Gasteiger partial charge in [0.2, 0.25) is 5.91 Å². The first-order chi connectivity index (χ1) is 15.0. The number of benzene rings is 2. The molecule has 4 rings (SSSR count). The number of nitrogens with zero attached hydrogens (tertiary/aromatic N) is 3. The molecule has 0 spiro atoms. The van der Waals surface area contributed by atoms with E-state index in [1.807, 2.05) is 36.4 Å². The van der Waals surface area contributed by atoms with Crippen LogP contribution in [0.2, 0.25) is 0 Å². The van der Waals surface area contributed by atoms with Gasteiger partial charge in [0.25, 0.3) is 5.91 Å². The van der Waals surface area contributed by atoms with Crippen molar-refractivity contribution in [1.29, 1.82) is 0 Å². The first-order valence-electron chi connectivity index (χ1n) is 10.2. The molecule has 1 aromatic heterocycles. The fourth-order valence-corrected chi connectivity index (χ4v) is 3.62. The van der Waals surface area contributed by atoms with Crippen LogP contribution in [-0.2, 0) is 4.79 Å². The van der Waals surface area contributed by atoms with Crippen molar-refractivity contribution in [1.82, 2.24) is 14.8 Å². The molecule has 31 heavy (non-hydrogen) atoms. The van der Waals surface area contributed by atoms with Crippen molar-refractivity contribution in [2.75, 3.05) is 26.2 Å². The number of allylic oxidation sites excluding steroid dienone is 1. The summed E-state index contributed by atoms with van der Waals surface area (Å²) in [6, 6.07) is 18.4. The van der Waals surface area contributed by atoms with Gasteiger partial charge in [0.1, 0.15) is 0 Å². The number of carbonyl (C=O) groups is 3. The van der Waals surface area contributed by atoms with Crippen LogP contribution in [0.25, 0.3) is 17.0 Å². The van der Waals surface area contributed by atoms with Crippen molar-refractivity contribution in [2.45, 2.75) is 6.92 Å². The van der Waals surface area contributed by atoms with E-state index >= 15 is 0 Å². The average Bonchev–Trinajstić information content (AvgIpc) is 2.82. The molecule has 0 aliphatic carbocycles. The van der Waals surface area contributed by atoms with Crippen molar-refractivity contribution in [3.05, 3.63) is 83.6 Å². The van der Waals surface area contributed by atoms with Gasteiger partial charge in [-0.25, -0.2) is 4.98 Å². The van der Waals surface area contributed by atoms with E-state index in [1.54, 1.807) is 40.1 Å². The number of para-hydroxylation sites is 1. The maximum Gasteiger partial charge on any atom is 0.253 e. The molecule has 6 heteroatoms. The maximum absolute atomic E-state index is 12.7. The van der Waals surface area contributed by atoms with Crippen LogP contribution in [0.15, 0.2) is 66.7 Å². The lowest BCUT2D eigenvalue weighted by Crippen LogP contribution is -2.50. The SMILES string of the molecule is CC(=O)N1CCN(C(=O)c2ccc(C(=O)C=Cc3ccc4ccccc4n3)cc2)CC1. The van der Waals surface area contributed by atoms with Crippen molar-refractivity contribution < 1.29 is 14.4 Å². The van der Waals surface area contributed by atoms with Gasteiger partial charge < -0.3 is 9.80 Å². The smallest absolute Gasteiger partial charge is 0.253 e. The van der Waals surface area contributed by atoms with Crippen molar-refractivity contribution >= 4 is 34.6 Å². The molecule has 0 radical (unpaired) electrons. The minimum absolute atomic E-state index is 0.0295. The summed E-state index contributed by atoms with van der Waals surface area (Å²) in [7, 11) is 0. The molecular formula is C25H23N3O3. The number of carbonyl (C=O) groups excluding carboxylic acids is 3. The Bertz CT molecular complexity index is 1160. The summed E-state index contributed by atoms with van der Waals surface area (Å²) in [5.74, 6) is -0.205. The molecule has 0 unspecified atom stereocenters. The van der Waals surface area contributed by atoms with Crippen LogP contribution in [0.1, 0.15) is 33.3 Å². The van der Waals surface area contributed by atoms with Gasteiger partial charge >= 0.3 is 0 Å². The predicted octanol–water partition coefficient (Wildman–Crippen LogP) is 3.44. The zero-order chi connectivity index (χ0) is 21.8. The Balaban J connectivity index is 1.40. The molecule has 2 heterocycles. The van der Waals surface area contributed by atoms with Crippen LogP contribution in [0.4, 0.5) is 0 Å². The summed E-state index contributed by atoms with van der Waals surface area (Å²) in [5.41, 5.74) is 2.63. The van der Waals surface area contributed by atoms with Gasteiger partial charge in [-0.1, -0.05) is 36.4 Å². The van der Waals surface area contributed by atoms with Crippen LogP contribution < -0.4 is 0 Å². The van der Waals surface area contributed by atoms with E-state index in [2.05, 4.69) is 4.98 Å². The van der Waals surface area contributed by atoms with Gasteiger partial charge in [0, 0.05) is 49.6 Å². The molecule has 1 saturated heterocycles. The normalized spacial score (nSPS) is 14.2. The van der Waals surface area contributed by atoms with Gasteiger partial charge in [0.05, 0.1) is 11.2 Å². The molecule has 0 atom stereocenters. The summed E-state index contributed by atoms with van der Waals surface area (Å²) in [4.78, 5) is 44.6. The molecule has 1 aliphatic heterocycles. The van der Waals surface area contributed by atoms with Crippen LogP contribution in [0.5, 0.6) is 0 Å². The number of piperazine rings is 1. The van der Waals surface area contributed by atoms with E-state index in [0.29, 0.717) is 43.0 Å². The molecular weight excluding hydrogens is 390 g/mol. The highest BCUT2D eigenvalue weighted by Gasteiger charge is 2.23. The van der Waals surface area contributed by atoms with Crippen LogP contribution >= 0.6 is 0 Å².